The molecule has 1 atom stereocenters. The van der Waals surface area contributed by atoms with Crippen molar-refractivity contribution < 1.29 is 18.7 Å². The minimum absolute atomic E-state index is 0.105. The van der Waals surface area contributed by atoms with Crippen molar-refractivity contribution in [3.63, 3.8) is 0 Å². The first kappa shape index (κ1) is 19.1. The van der Waals surface area contributed by atoms with E-state index in [1.54, 1.807) is 13.8 Å². The summed E-state index contributed by atoms with van der Waals surface area (Å²) in [5.74, 6) is -1.37. The van der Waals surface area contributed by atoms with Crippen molar-refractivity contribution in [2.24, 2.45) is 7.05 Å². The van der Waals surface area contributed by atoms with Crippen molar-refractivity contribution in [1.29, 1.82) is 0 Å². The molecule has 1 unspecified atom stereocenters. The molecule has 8 nitrogen and oxygen atoms in total. The van der Waals surface area contributed by atoms with Crippen LogP contribution in [0.3, 0.4) is 0 Å². The van der Waals surface area contributed by atoms with Gasteiger partial charge in [-0.15, -0.1) is 0 Å². The highest BCUT2D eigenvalue weighted by atomic mass is 19.1. The number of ketones is 1. The zero-order valence-corrected chi connectivity index (χ0v) is 16.5. The summed E-state index contributed by atoms with van der Waals surface area (Å²) in [6, 6.07) is 2.69. The Bertz CT molecular complexity index is 1190. The Kier molecular flexibility index (Phi) is 4.04. The fraction of sp³-hybridized carbons (Fsp3) is 0.400. The summed E-state index contributed by atoms with van der Waals surface area (Å²) in [6.45, 7) is 4.52. The van der Waals surface area contributed by atoms with Gasteiger partial charge in [0.15, 0.2) is 17.2 Å². The van der Waals surface area contributed by atoms with Gasteiger partial charge in [0.1, 0.15) is 5.75 Å². The number of carbonyl (C=O) groups is 2. The summed E-state index contributed by atoms with van der Waals surface area (Å²) in [5.41, 5.74) is -2.21. The molecule has 9 heteroatoms. The Labute approximate surface area is 165 Å². The van der Waals surface area contributed by atoms with Crippen molar-refractivity contribution >= 4 is 17.4 Å². The molecule has 0 radical (unpaired) electrons. The number of hydrogen-bond donors (Lipinski definition) is 0. The molecule has 1 aliphatic carbocycles. The van der Waals surface area contributed by atoms with Crippen LogP contribution < -0.4 is 20.9 Å². The van der Waals surface area contributed by atoms with Gasteiger partial charge in [-0.05, 0) is 26.8 Å². The number of aromatic nitrogens is 2. The van der Waals surface area contributed by atoms with Gasteiger partial charge in [0.2, 0.25) is 0 Å². The molecule has 4 rings (SSSR count). The van der Waals surface area contributed by atoms with Gasteiger partial charge in [0.05, 0.1) is 17.4 Å². The van der Waals surface area contributed by atoms with Crippen LogP contribution in [0.5, 0.6) is 5.75 Å². The number of aryl methyl sites for hydroxylation is 1. The molecule has 0 saturated heterocycles. The fourth-order valence-electron chi connectivity index (χ4n) is 3.51. The van der Waals surface area contributed by atoms with Crippen LogP contribution in [0, 0.1) is 12.7 Å². The number of amides is 1. The van der Waals surface area contributed by atoms with E-state index in [2.05, 4.69) is 0 Å². The van der Waals surface area contributed by atoms with E-state index in [9.17, 15) is 23.6 Å². The molecule has 1 fully saturated rings. The summed E-state index contributed by atoms with van der Waals surface area (Å²) in [5, 5.41) is 0. The fourth-order valence-corrected chi connectivity index (χ4v) is 3.51. The predicted molar refractivity (Wildman–Crippen MR) is 102 cm³/mol. The lowest BCUT2D eigenvalue weighted by Gasteiger charge is -2.37. The van der Waals surface area contributed by atoms with Crippen molar-refractivity contribution in [2.45, 2.75) is 45.3 Å². The normalized spacial score (nSPS) is 17.7. The number of halogens is 1. The lowest BCUT2D eigenvalue weighted by molar-refractivity contribution is -0.131. The van der Waals surface area contributed by atoms with Crippen LogP contribution in [0.4, 0.5) is 10.1 Å². The SMILES string of the molecule is CC(=O)C(C)N1C(=O)C2(CC2)Oc2cc(F)c(-n3c(=O)cc(C)n(C)c3=O)cc21. The second-order valence-corrected chi connectivity index (χ2v) is 7.63. The van der Waals surface area contributed by atoms with Crippen LogP contribution in [-0.4, -0.2) is 32.5 Å². The highest BCUT2D eigenvalue weighted by Gasteiger charge is 2.59. The highest BCUT2D eigenvalue weighted by Crippen LogP contribution is 2.50. The van der Waals surface area contributed by atoms with E-state index in [1.165, 1.54) is 35.6 Å². The summed E-state index contributed by atoms with van der Waals surface area (Å²) >= 11 is 0. The highest BCUT2D eigenvalue weighted by molar-refractivity contribution is 6.09. The standard InChI is InChI=1S/C20H20FN3O5/c1-10-7-17(26)24(19(28)22(10)4)14-9-15-16(8-13(14)21)29-20(5-6-20)18(27)23(15)11(2)12(3)25/h7-9,11H,5-6H2,1-4H3. The number of fused-ring (bicyclic) bond motifs is 1. The summed E-state index contributed by atoms with van der Waals surface area (Å²) in [4.78, 5) is 51.4. The molecule has 29 heavy (non-hydrogen) atoms. The van der Waals surface area contributed by atoms with Crippen LogP contribution >= 0.6 is 0 Å². The lowest BCUT2D eigenvalue weighted by Crippen LogP contribution is -2.53. The van der Waals surface area contributed by atoms with Crippen LogP contribution in [0.25, 0.3) is 5.69 Å². The number of nitrogens with zero attached hydrogens (tertiary/aromatic N) is 3. The van der Waals surface area contributed by atoms with E-state index in [1.807, 2.05) is 0 Å². The second-order valence-electron chi connectivity index (χ2n) is 7.63. The number of rotatable bonds is 3. The average Bonchev–Trinajstić information content (AvgIpc) is 3.42. The number of carbonyl (C=O) groups excluding carboxylic acids is 2. The van der Waals surface area contributed by atoms with E-state index in [0.717, 1.165) is 6.07 Å². The minimum atomic E-state index is -1.07. The topological polar surface area (TPSA) is 90.6 Å². The molecular weight excluding hydrogens is 381 g/mol. The summed E-state index contributed by atoms with van der Waals surface area (Å²) in [6.07, 6.45) is 0.960. The van der Waals surface area contributed by atoms with Crippen LogP contribution in [0.15, 0.2) is 27.8 Å². The van der Waals surface area contributed by atoms with Gasteiger partial charge in [0, 0.05) is 37.7 Å². The van der Waals surface area contributed by atoms with Gasteiger partial charge in [0.25, 0.3) is 11.5 Å². The van der Waals surface area contributed by atoms with Gasteiger partial charge in [-0.25, -0.2) is 13.8 Å². The van der Waals surface area contributed by atoms with Gasteiger partial charge in [-0.3, -0.25) is 19.3 Å². The van der Waals surface area contributed by atoms with E-state index in [4.69, 9.17) is 4.74 Å². The van der Waals surface area contributed by atoms with E-state index >= 15 is 0 Å². The van der Waals surface area contributed by atoms with Crippen LogP contribution in [0.1, 0.15) is 32.4 Å². The lowest BCUT2D eigenvalue weighted by atomic mass is 10.1. The Morgan fingerprint density at radius 2 is 1.83 bits per heavy atom. The van der Waals surface area contributed by atoms with Gasteiger partial charge in [-0.2, -0.15) is 0 Å². The first-order chi connectivity index (χ1) is 13.6. The third kappa shape index (κ3) is 2.72. The van der Waals surface area contributed by atoms with E-state index in [-0.39, 0.29) is 28.8 Å². The first-order valence-corrected chi connectivity index (χ1v) is 9.24. The van der Waals surface area contributed by atoms with E-state index < -0.39 is 28.7 Å². The predicted octanol–water partition coefficient (Wildman–Crippen LogP) is 1.22. The molecule has 2 heterocycles. The average molecular weight is 401 g/mol. The molecule has 0 bridgehead atoms. The maximum Gasteiger partial charge on any atom is 0.335 e. The van der Waals surface area contributed by atoms with E-state index in [0.29, 0.717) is 23.1 Å². The molecule has 1 aliphatic heterocycles. The largest absolute Gasteiger partial charge is 0.475 e. The van der Waals surface area contributed by atoms with Crippen molar-refractivity contribution in [3.8, 4) is 11.4 Å². The molecule has 1 aromatic heterocycles. The molecule has 1 amide bonds. The molecule has 1 saturated carbocycles. The van der Waals surface area contributed by atoms with Crippen molar-refractivity contribution in [2.75, 3.05) is 4.90 Å². The Morgan fingerprint density at radius 1 is 1.17 bits per heavy atom. The number of benzene rings is 1. The zero-order valence-electron chi connectivity index (χ0n) is 16.5. The first-order valence-electron chi connectivity index (χ1n) is 9.24. The molecule has 2 aromatic rings. The molecule has 1 aromatic carbocycles. The van der Waals surface area contributed by atoms with Crippen molar-refractivity contribution in [1.82, 2.24) is 9.13 Å². The molecule has 0 N–H and O–H groups in total. The minimum Gasteiger partial charge on any atom is -0.475 e. The zero-order chi connectivity index (χ0) is 21.2. The van der Waals surface area contributed by atoms with Gasteiger partial charge < -0.3 is 9.30 Å². The maximum absolute atomic E-state index is 15.0. The van der Waals surface area contributed by atoms with Gasteiger partial charge >= 0.3 is 5.69 Å². The summed E-state index contributed by atoms with van der Waals surface area (Å²) < 4.78 is 22.6. The molecular formula is C20H20FN3O5. The Hall–Kier alpha value is -3.23. The second kappa shape index (κ2) is 6.13. The number of ether oxygens (including phenoxy) is 1. The monoisotopic (exact) mass is 401 g/mol. The third-order valence-corrected chi connectivity index (χ3v) is 5.68. The van der Waals surface area contributed by atoms with Crippen LogP contribution in [0.2, 0.25) is 0 Å². The molecule has 1 spiro atoms. The van der Waals surface area contributed by atoms with Gasteiger partial charge in [-0.1, -0.05) is 0 Å². The number of hydrogen-bond acceptors (Lipinski definition) is 5. The molecule has 152 valence electrons. The smallest absolute Gasteiger partial charge is 0.335 e. The number of Topliss-reactive ketones (excluding diaryl/α,β-unsaturated/α-hetero) is 1. The Morgan fingerprint density at radius 3 is 2.41 bits per heavy atom. The van der Waals surface area contributed by atoms with Crippen LogP contribution in [-0.2, 0) is 16.6 Å². The Balaban J connectivity index is 1.98. The quantitative estimate of drug-likeness (QED) is 0.771. The maximum atomic E-state index is 15.0. The molecule has 2 aliphatic rings. The number of anilines is 1. The summed E-state index contributed by atoms with van der Waals surface area (Å²) in [7, 11) is 1.47. The van der Waals surface area contributed by atoms with Crippen molar-refractivity contribution in [3.05, 3.63) is 50.5 Å². The third-order valence-electron chi connectivity index (χ3n) is 5.68.